The quantitative estimate of drug-likeness (QED) is 0.668. The molecule has 0 aliphatic rings. The van der Waals surface area contributed by atoms with E-state index in [4.69, 9.17) is 0 Å². The first-order valence-electron chi connectivity index (χ1n) is 6.96. The molecule has 1 unspecified atom stereocenters. The summed E-state index contributed by atoms with van der Waals surface area (Å²) in [6, 6.07) is 5.25. The molecule has 8 nitrogen and oxygen atoms in total. The second kappa shape index (κ2) is 5.64. The molecule has 1 aromatic carbocycles. The lowest BCUT2D eigenvalue weighted by atomic mass is 10.1. The van der Waals surface area contributed by atoms with Gasteiger partial charge in [-0.1, -0.05) is 11.3 Å². The fourth-order valence-electron chi connectivity index (χ4n) is 2.31. The highest BCUT2D eigenvalue weighted by Gasteiger charge is 2.16. The summed E-state index contributed by atoms with van der Waals surface area (Å²) < 4.78 is 7.60. The zero-order valence-electron chi connectivity index (χ0n) is 12.9. The number of aromatic nitrogens is 5. The number of hydrogen-bond acceptors (Lipinski definition) is 6. The van der Waals surface area contributed by atoms with E-state index in [-0.39, 0.29) is 17.3 Å². The molecule has 0 saturated carbocycles. The number of ether oxygens (including phenoxy) is 1. The molecule has 0 fully saturated rings. The summed E-state index contributed by atoms with van der Waals surface area (Å²) in [5, 5.41) is 8.27. The fraction of sp³-hybridized carbons (Fsp3) is 0.267. The van der Waals surface area contributed by atoms with Crippen LogP contribution in [0.15, 0.2) is 35.5 Å². The van der Waals surface area contributed by atoms with Gasteiger partial charge < -0.3 is 9.30 Å². The van der Waals surface area contributed by atoms with Crippen molar-refractivity contribution in [1.82, 2.24) is 24.5 Å². The van der Waals surface area contributed by atoms with E-state index in [0.29, 0.717) is 10.9 Å². The Bertz CT molecular complexity index is 944. The van der Waals surface area contributed by atoms with E-state index in [1.807, 2.05) is 13.0 Å². The highest BCUT2D eigenvalue weighted by atomic mass is 16.5. The molecule has 0 saturated heterocycles. The lowest BCUT2D eigenvalue weighted by molar-refractivity contribution is 0.0594. The second-order valence-corrected chi connectivity index (χ2v) is 5.19. The van der Waals surface area contributed by atoms with E-state index in [9.17, 15) is 9.59 Å². The van der Waals surface area contributed by atoms with E-state index >= 15 is 0 Å². The van der Waals surface area contributed by atoms with Gasteiger partial charge in [-0.3, -0.25) is 4.79 Å². The third-order valence-corrected chi connectivity index (χ3v) is 3.73. The molecule has 2 aromatic heterocycles. The highest BCUT2D eigenvalue weighted by molar-refractivity contribution is 5.86. The lowest BCUT2D eigenvalue weighted by Gasteiger charge is -2.12. The summed E-state index contributed by atoms with van der Waals surface area (Å²) in [4.78, 5) is 27.9. The van der Waals surface area contributed by atoms with Crippen LogP contribution in [0.4, 0.5) is 0 Å². The lowest BCUT2D eigenvalue weighted by Crippen LogP contribution is -2.17. The molecule has 0 radical (unpaired) electrons. The molecule has 0 aliphatic carbocycles. The van der Waals surface area contributed by atoms with Crippen molar-refractivity contribution in [1.29, 1.82) is 0 Å². The monoisotopic (exact) mass is 313 g/mol. The van der Waals surface area contributed by atoms with Crippen molar-refractivity contribution in [3.8, 4) is 0 Å². The molecule has 118 valence electrons. The topological polar surface area (TPSA) is 91.9 Å². The highest BCUT2D eigenvalue weighted by Crippen LogP contribution is 2.20. The number of aryl methyl sites for hydroxylation is 1. The van der Waals surface area contributed by atoms with Gasteiger partial charge in [-0.05, 0) is 24.6 Å². The van der Waals surface area contributed by atoms with Gasteiger partial charge in [0.1, 0.15) is 0 Å². The van der Waals surface area contributed by atoms with Gasteiger partial charge in [-0.2, -0.15) is 0 Å². The number of methoxy groups -OCH3 is 1. The summed E-state index contributed by atoms with van der Waals surface area (Å²) in [6.07, 6.45) is 3.01. The first kappa shape index (κ1) is 14.9. The molecule has 3 aromatic rings. The van der Waals surface area contributed by atoms with Crippen molar-refractivity contribution in [2.45, 2.75) is 13.0 Å². The van der Waals surface area contributed by atoms with Crippen molar-refractivity contribution in [2.75, 3.05) is 7.11 Å². The number of esters is 1. The molecule has 8 heteroatoms. The Labute approximate surface area is 131 Å². The van der Waals surface area contributed by atoms with Gasteiger partial charge in [0.15, 0.2) is 5.69 Å². The minimum Gasteiger partial charge on any atom is -0.464 e. The molecule has 1 atom stereocenters. The minimum absolute atomic E-state index is 0.113. The van der Waals surface area contributed by atoms with Crippen molar-refractivity contribution in [3.63, 3.8) is 0 Å². The second-order valence-electron chi connectivity index (χ2n) is 5.19. The van der Waals surface area contributed by atoms with Crippen molar-refractivity contribution < 1.29 is 9.53 Å². The Morgan fingerprint density at radius 1 is 1.35 bits per heavy atom. The average molecular weight is 313 g/mol. The van der Waals surface area contributed by atoms with Crippen LogP contribution in [-0.4, -0.2) is 37.6 Å². The SMILES string of the molecule is COC(=O)c1cn(C(C)c2ccc3ncn(C)c(=O)c3c2)nn1. The van der Waals surface area contributed by atoms with Crippen LogP contribution in [0, 0.1) is 0 Å². The minimum atomic E-state index is -0.542. The molecule has 0 spiro atoms. The Morgan fingerprint density at radius 3 is 2.87 bits per heavy atom. The largest absolute Gasteiger partial charge is 0.464 e. The molecule has 0 aliphatic heterocycles. The zero-order chi connectivity index (χ0) is 16.6. The van der Waals surface area contributed by atoms with Crippen molar-refractivity contribution >= 4 is 16.9 Å². The molecule has 0 amide bonds. The van der Waals surface area contributed by atoms with Gasteiger partial charge in [0.25, 0.3) is 5.56 Å². The van der Waals surface area contributed by atoms with Crippen LogP contribution < -0.4 is 5.56 Å². The van der Waals surface area contributed by atoms with Crippen LogP contribution in [0.1, 0.15) is 29.0 Å². The normalized spacial score (nSPS) is 12.3. The van der Waals surface area contributed by atoms with Crippen molar-refractivity contribution in [3.05, 3.63) is 52.3 Å². The van der Waals surface area contributed by atoms with E-state index in [1.165, 1.54) is 24.2 Å². The maximum Gasteiger partial charge on any atom is 0.360 e. The maximum atomic E-state index is 12.2. The molecular formula is C15H15N5O3. The van der Waals surface area contributed by atoms with Crippen molar-refractivity contribution in [2.24, 2.45) is 7.05 Å². The van der Waals surface area contributed by atoms with Gasteiger partial charge in [0.2, 0.25) is 0 Å². The summed E-state index contributed by atoms with van der Waals surface area (Å²) in [7, 11) is 2.95. The van der Waals surface area contributed by atoms with Gasteiger partial charge in [-0.25, -0.2) is 14.5 Å². The summed E-state index contributed by atoms with van der Waals surface area (Å²) in [5.74, 6) is -0.542. The van der Waals surface area contributed by atoms with E-state index < -0.39 is 5.97 Å². The number of fused-ring (bicyclic) bond motifs is 1. The van der Waals surface area contributed by atoms with Crippen LogP contribution in [0.3, 0.4) is 0 Å². The van der Waals surface area contributed by atoms with Gasteiger partial charge in [0, 0.05) is 7.05 Å². The molecule has 0 N–H and O–H groups in total. The van der Waals surface area contributed by atoms with Crippen LogP contribution in [0.2, 0.25) is 0 Å². The Balaban J connectivity index is 2.02. The van der Waals surface area contributed by atoms with Crippen LogP contribution in [0.25, 0.3) is 10.9 Å². The fourth-order valence-corrected chi connectivity index (χ4v) is 2.31. The van der Waals surface area contributed by atoms with Gasteiger partial charge in [-0.15, -0.1) is 5.10 Å². The molecule has 23 heavy (non-hydrogen) atoms. The third-order valence-electron chi connectivity index (χ3n) is 3.73. The number of benzene rings is 1. The molecular weight excluding hydrogens is 298 g/mol. The average Bonchev–Trinajstić information content (AvgIpc) is 3.06. The van der Waals surface area contributed by atoms with Gasteiger partial charge in [0.05, 0.1) is 36.6 Å². The van der Waals surface area contributed by atoms with E-state index in [0.717, 1.165) is 5.56 Å². The number of hydrogen-bond donors (Lipinski definition) is 0. The number of nitrogens with zero attached hydrogens (tertiary/aromatic N) is 5. The number of carbonyl (C=O) groups is 1. The van der Waals surface area contributed by atoms with Crippen LogP contribution in [0.5, 0.6) is 0 Å². The molecule has 2 heterocycles. The number of rotatable bonds is 3. The Morgan fingerprint density at radius 2 is 2.13 bits per heavy atom. The maximum absolute atomic E-state index is 12.2. The summed E-state index contributed by atoms with van der Waals surface area (Å²) in [5.41, 5.74) is 1.53. The smallest absolute Gasteiger partial charge is 0.360 e. The Hall–Kier alpha value is -3.03. The predicted molar refractivity (Wildman–Crippen MR) is 82.2 cm³/mol. The van der Waals surface area contributed by atoms with Gasteiger partial charge >= 0.3 is 5.97 Å². The molecule has 0 bridgehead atoms. The van der Waals surface area contributed by atoms with E-state index in [1.54, 1.807) is 23.9 Å². The third kappa shape index (κ3) is 2.59. The van der Waals surface area contributed by atoms with Crippen LogP contribution in [-0.2, 0) is 11.8 Å². The predicted octanol–water partition coefficient (Wildman–Crippen LogP) is 0.921. The number of carbonyl (C=O) groups excluding carboxylic acids is 1. The summed E-state index contributed by atoms with van der Waals surface area (Å²) >= 11 is 0. The Kier molecular flexibility index (Phi) is 3.65. The summed E-state index contributed by atoms with van der Waals surface area (Å²) in [6.45, 7) is 1.90. The first-order valence-corrected chi connectivity index (χ1v) is 6.96. The standard InChI is InChI=1S/C15H15N5O3/c1-9(20-7-13(17-18-20)15(22)23-3)10-4-5-12-11(6-10)14(21)19(2)8-16-12/h4-9H,1-3H3. The first-order chi connectivity index (χ1) is 11.0. The molecule has 3 rings (SSSR count). The zero-order valence-corrected chi connectivity index (χ0v) is 12.9. The van der Waals surface area contributed by atoms with Crippen LogP contribution >= 0.6 is 0 Å². The van der Waals surface area contributed by atoms with E-state index in [2.05, 4.69) is 20.0 Å².